The molecule has 0 aliphatic heterocycles. The van der Waals surface area contributed by atoms with E-state index in [9.17, 15) is 0 Å². The Morgan fingerprint density at radius 1 is 1.35 bits per heavy atom. The zero-order valence-corrected chi connectivity index (χ0v) is 10.8. The summed E-state index contributed by atoms with van der Waals surface area (Å²) in [5, 5.41) is 0. The van der Waals surface area contributed by atoms with Crippen LogP contribution in [0.25, 0.3) is 0 Å². The lowest BCUT2D eigenvalue weighted by Crippen LogP contribution is -2.31. The van der Waals surface area contributed by atoms with Crippen LogP contribution in [0.2, 0.25) is 0 Å². The van der Waals surface area contributed by atoms with E-state index in [-0.39, 0.29) is 0 Å². The van der Waals surface area contributed by atoms with Crippen LogP contribution in [-0.4, -0.2) is 23.6 Å². The van der Waals surface area contributed by atoms with Gasteiger partial charge in [-0.05, 0) is 32.6 Å². The van der Waals surface area contributed by atoms with E-state index in [1.807, 2.05) is 13.8 Å². The van der Waals surface area contributed by atoms with Crippen molar-refractivity contribution in [2.45, 2.75) is 33.1 Å². The van der Waals surface area contributed by atoms with Crippen molar-refractivity contribution in [3.8, 4) is 0 Å². The van der Waals surface area contributed by atoms with Crippen molar-refractivity contribution in [1.82, 2.24) is 9.97 Å². The summed E-state index contributed by atoms with van der Waals surface area (Å²) in [5.41, 5.74) is 3.65. The summed E-state index contributed by atoms with van der Waals surface area (Å²) in [4.78, 5) is 11.0. The average Bonchev–Trinajstić information content (AvgIpc) is 2.25. The maximum absolute atomic E-state index is 5.47. The molecular formula is C12H21N5. The minimum Gasteiger partial charge on any atom is -0.359 e. The summed E-state index contributed by atoms with van der Waals surface area (Å²) < 4.78 is 0. The third-order valence-electron chi connectivity index (χ3n) is 3.49. The standard InChI is InChI=1S/C12H21N5/c1-8-11(16-13)14-9(2)15-12(8)17(3)7-10-5-4-6-10/h10H,4-7,13H2,1-3H3,(H,14,15,16). The van der Waals surface area contributed by atoms with Crippen LogP contribution in [0.3, 0.4) is 0 Å². The topological polar surface area (TPSA) is 67.1 Å². The molecule has 0 atom stereocenters. The lowest BCUT2D eigenvalue weighted by Gasteiger charge is -2.31. The lowest BCUT2D eigenvalue weighted by atomic mass is 9.85. The van der Waals surface area contributed by atoms with Gasteiger partial charge in [-0.1, -0.05) is 6.42 Å². The molecule has 1 aliphatic carbocycles. The van der Waals surface area contributed by atoms with Crippen molar-refractivity contribution < 1.29 is 0 Å². The minimum atomic E-state index is 0.716. The van der Waals surface area contributed by atoms with Gasteiger partial charge in [-0.15, -0.1) is 0 Å². The lowest BCUT2D eigenvalue weighted by molar-refractivity contribution is 0.321. The first-order valence-electron chi connectivity index (χ1n) is 6.14. The van der Waals surface area contributed by atoms with Gasteiger partial charge in [0.1, 0.15) is 17.5 Å². The average molecular weight is 235 g/mol. The molecule has 0 aromatic carbocycles. The molecule has 5 heteroatoms. The molecule has 1 aliphatic rings. The highest BCUT2D eigenvalue weighted by atomic mass is 15.3. The molecule has 1 aromatic rings. The first-order chi connectivity index (χ1) is 8.11. The molecule has 0 bridgehead atoms. The summed E-state index contributed by atoms with van der Waals surface area (Å²) in [6.45, 7) is 4.96. The van der Waals surface area contributed by atoms with Crippen molar-refractivity contribution in [2.24, 2.45) is 11.8 Å². The van der Waals surface area contributed by atoms with Crippen molar-refractivity contribution in [3.63, 3.8) is 0 Å². The molecule has 2 rings (SSSR count). The zero-order chi connectivity index (χ0) is 12.4. The Hall–Kier alpha value is -1.36. The van der Waals surface area contributed by atoms with E-state index in [0.29, 0.717) is 5.82 Å². The molecule has 1 saturated carbocycles. The van der Waals surface area contributed by atoms with Crippen molar-refractivity contribution in [3.05, 3.63) is 11.4 Å². The number of hydrazine groups is 1. The first-order valence-corrected chi connectivity index (χ1v) is 6.14. The number of anilines is 2. The molecule has 5 nitrogen and oxygen atoms in total. The highest BCUT2D eigenvalue weighted by molar-refractivity contribution is 5.57. The maximum atomic E-state index is 5.47. The molecule has 1 heterocycles. The van der Waals surface area contributed by atoms with Gasteiger partial charge < -0.3 is 10.3 Å². The van der Waals surface area contributed by atoms with Crippen LogP contribution in [0.4, 0.5) is 11.6 Å². The van der Waals surface area contributed by atoms with Gasteiger partial charge >= 0.3 is 0 Å². The largest absolute Gasteiger partial charge is 0.359 e. The van der Waals surface area contributed by atoms with Crippen LogP contribution in [0.15, 0.2) is 0 Å². The molecule has 94 valence electrons. The van der Waals surface area contributed by atoms with Gasteiger partial charge in [-0.2, -0.15) is 0 Å². The summed E-state index contributed by atoms with van der Waals surface area (Å²) in [6.07, 6.45) is 4.06. The molecule has 0 amide bonds. The maximum Gasteiger partial charge on any atom is 0.148 e. The molecule has 1 fully saturated rings. The molecule has 0 radical (unpaired) electrons. The van der Waals surface area contributed by atoms with Crippen molar-refractivity contribution in [1.29, 1.82) is 0 Å². The number of hydrogen-bond donors (Lipinski definition) is 2. The fourth-order valence-electron chi connectivity index (χ4n) is 2.27. The van der Waals surface area contributed by atoms with E-state index in [1.54, 1.807) is 0 Å². The van der Waals surface area contributed by atoms with E-state index < -0.39 is 0 Å². The summed E-state index contributed by atoms with van der Waals surface area (Å²) in [6, 6.07) is 0. The fourth-order valence-corrected chi connectivity index (χ4v) is 2.27. The van der Waals surface area contributed by atoms with Crippen LogP contribution in [0.5, 0.6) is 0 Å². The highest BCUT2D eigenvalue weighted by Crippen LogP contribution is 2.29. The van der Waals surface area contributed by atoms with E-state index in [0.717, 1.165) is 29.7 Å². The van der Waals surface area contributed by atoms with Gasteiger partial charge in [0, 0.05) is 19.2 Å². The van der Waals surface area contributed by atoms with Crippen molar-refractivity contribution >= 4 is 11.6 Å². The predicted molar refractivity (Wildman–Crippen MR) is 69.9 cm³/mol. The van der Waals surface area contributed by atoms with E-state index in [1.165, 1.54) is 19.3 Å². The van der Waals surface area contributed by atoms with Crippen molar-refractivity contribution in [2.75, 3.05) is 23.9 Å². The second-order valence-corrected chi connectivity index (χ2v) is 4.89. The van der Waals surface area contributed by atoms with Gasteiger partial charge in [0.15, 0.2) is 0 Å². The molecule has 0 spiro atoms. The number of nitrogens with two attached hydrogens (primary N) is 1. The minimum absolute atomic E-state index is 0.716. The van der Waals surface area contributed by atoms with E-state index >= 15 is 0 Å². The van der Waals surface area contributed by atoms with Crippen LogP contribution in [-0.2, 0) is 0 Å². The second-order valence-electron chi connectivity index (χ2n) is 4.89. The Kier molecular flexibility index (Phi) is 3.47. The van der Waals surface area contributed by atoms with Gasteiger partial charge in [-0.3, -0.25) is 0 Å². The van der Waals surface area contributed by atoms with Gasteiger partial charge in [0.25, 0.3) is 0 Å². The Morgan fingerprint density at radius 3 is 2.59 bits per heavy atom. The number of nitrogens with one attached hydrogen (secondary N) is 1. The normalized spacial score (nSPS) is 15.5. The van der Waals surface area contributed by atoms with E-state index in [2.05, 4.69) is 27.3 Å². The van der Waals surface area contributed by atoms with E-state index in [4.69, 9.17) is 5.84 Å². The number of aryl methyl sites for hydroxylation is 1. The van der Waals surface area contributed by atoms with Crippen LogP contribution in [0, 0.1) is 19.8 Å². The number of aromatic nitrogens is 2. The number of nitrogens with zero attached hydrogens (tertiary/aromatic N) is 3. The summed E-state index contributed by atoms with van der Waals surface area (Å²) in [7, 11) is 2.09. The van der Waals surface area contributed by atoms with Gasteiger partial charge in [0.2, 0.25) is 0 Å². The number of nitrogen functional groups attached to an aromatic ring is 1. The zero-order valence-electron chi connectivity index (χ0n) is 10.8. The molecular weight excluding hydrogens is 214 g/mol. The first kappa shape index (κ1) is 12.1. The van der Waals surface area contributed by atoms with Crippen LogP contribution >= 0.6 is 0 Å². The fraction of sp³-hybridized carbons (Fsp3) is 0.667. The monoisotopic (exact) mass is 235 g/mol. The van der Waals surface area contributed by atoms with Crippen LogP contribution in [0.1, 0.15) is 30.7 Å². The Balaban J connectivity index is 2.20. The molecule has 17 heavy (non-hydrogen) atoms. The van der Waals surface area contributed by atoms with Crippen LogP contribution < -0.4 is 16.2 Å². The third-order valence-corrected chi connectivity index (χ3v) is 3.49. The molecule has 3 N–H and O–H groups in total. The van der Waals surface area contributed by atoms with Gasteiger partial charge in [-0.25, -0.2) is 15.8 Å². The molecule has 0 saturated heterocycles. The smallest absolute Gasteiger partial charge is 0.148 e. The summed E-state index contributed by atoms with van der Waals surface area (Å²) in [5.74, 6) is 8.74. The Labute approximate surface area is 102 Å². The number of hydrogen-bond acceptors (Lipinski definition) is 5. The molecule has 1 aromatic heterocycles. The predicted octanol–water partition coefficient (Wildman–Crippen LogP) is 1.62. The second kappa shape index (κ2) is 4.87. The van der Waals surface area contributed by atoms with Gasteiger partial charge in [0.05, 0.1) is 0 Å². The summed E-state index contributed by atoms with van der Waals surface area (Å²) >= 11 is 0. The Morgan fingerprint density at radius 2 is 2.06 bits per heavy atom. The quantitative estimate of drug-likeness (QED) is 0.613. The Bertz CT molecular complexity index is 400. The molecule has 0 unspecified atom stereocenters. The SMILES string of the molecule is Cc1nc(NN)c(C)c(N(C)CC2CCC2)n1. The highest BCUT2D eigenvalue weighted by Gasteiger charge is 2.21. The number of rotatable bonds is 4. The third kappa shape index (κ3) is 2.49.